The second kappa shape index (κ2) is 13.3. The second-order valence-electron chi connectivity index (χ2n) is 12.7. The number of imide groups is 1. The number of aromatic nitrogens is 2. The molecule has 4 aliphatic rings. The van der Waals surface area contributed by atoms with Crippen LogP contribution in [-0.2, 0) is 42.2 Å². The van der Waals surface area contributed by atoms with E-state index in [2.05, 4.69) is 15.7 Å². The van der Waals surface area contributed by atoms with E-state index < -0.39 is 41.7 Å². The smallest absolute Gasteiger partial charge is 0.358 e. The summed E-state index contributed by atoms with van der Waals surface area (Å²) >= 11 is 0. The van der Waals surface area contributed by atoms with Gasteiger partial charge in [0.1, 0.15) is 18.7 Å². The monoisotopic (exact) mass is 648 g/mol. The number of methoxy groups -OCH3 is 1. The Balaban J connectivity index is 1.41. The van der Waals surface area contributed by atoms with Gasteiger partial charge in [0.25, 0.3) is 11.8 Å². The van der Waals surface area contributed by atoms with Crippen LogP contribution in [-0.4, -0.2) is 82.1 Å². The van der Waals surface area contributed by atoms with Crippen LogP contribution in [0.3, 0.4) is 0 Å². The predicted molar refractivity (Wildman–Crippen MR) is 166 cm³/mol. The summed E-state index contributed by atoms with van der Waals surface area (Å²) in [6.45, 7) is 1.54. The van der Waals surface area contributed by atoms with Gasteiger partial charge in [-0.1, -0.05) is 25.3 Å². The van der Waals surface area contributed by atoms with Crippen LogP contribution >= 0.6 is 0 Å². The number of ether oxygens (including phenoxy) is 2. The first-order chi connectivity index (χ1) is 22.6. The van der Waals surface area contributed by atoms with Gasteiger partial charge in [-0.25, -0.2) is 4.79 Å². The highest BCUT2D eigenvalue weighted by molar-refractivity contribution is 6.08. The number of nitrogens with zero attached hydrogens (tertiary/aromatic N) is 4. The minimum atomic E-state index is -1.35. The van der Waals surface area contributed by atoms with Gasteiger partial charge in [0.05, 0.1) is 13.2 Å². The van der Waals surface area contributed by atoms with Crippen LogP contribution in [0.2, 0.25) is 0 Å². The zero-order chi connectivity index (χ0) is 33.4. The fourth-order valence-electron chi connectivity index (χ4n) is 6.70. The lowest BCUT2D eigenvalue weighted by molar-refractivity contribution is -0.137. The third-order valence-electron chi connectivity index (χ3n) is 9.52. The van der Waals surface area contributed by atoms with E-state index in [1.807, 2.05) is 0 Å². The van der Waals surface area contributed by atoms with Crippen molar-refractivity contribution in [2.45, 2.75) is 95.5 Å². The van der Waals surface area contributed by atoms with Gasteiger partial charge >= 0.3 is 5.97 Å². The summed E-state index contributed by atoms with van der Waals surface area (Å²) in [5, 5.41) is 9.64. The molecular weight excluding hydrogens is 608 g/mol. The standard InChI is InChI=1S/C33H40N6O8/c1-18-27(28(33(45)46-3)36-37(18)2)29(31(43)34-20-10-11-20)39(26(41)17-47-22-7-5-4-6-8-22)21-12-9-19-16-38(32(44)23(19)15-21)24-13-14-25(40)35-30(24)42/h9,12,15,20,22,24,29H,4-8,10-11,13-14,16-17H2,1-3H3,(H,34,43)(H,35,40,42). The number of amides is 5. The first-order valence-electron chi connectivity index (χ1n) is 16.2. The lowest BCUT2D eigenvalue weighted by Gasteiger charge is -2.32. The SMILES string of the molecule is COC(=O)c1nn(C)c(C)c1C(C(=O)NC1CC1)N(C(=O)COC1CCCCC1)c1ccc2c(c1)C(=O)N(C1CCC(=O)NC1=O)C2. The number of carbonyl (C=O) groups excluding carboxylic acids is 6. The Bertz CT molecular complexity index is 1620. The van der Waals surface area contributed by atoms with Crippen molar-refractivity contribution in [2.75, 3.05) is 18.6 Å². The van der Waals surface area contributed by atoms with E-state index in [9.17, 15) is 28.8 Å². The molecule has 2 saturated carbocycles. The van der Waals surface area contributed by atoms with Gasteiger partial charge in [-0.2, -0.15) is 5.10 Å². The lowest BCUT2D eigenvalue weighted by atomic mass is 9.98. The zero-order valence-electron chi connectivity index (χ0n) is 26.9. The van der Waals surface area contributed by atoms with Crippen molar-refractivity contribution >= 4 is 41.2 Å². The van der Waals surface area contributed by atoms with Crippen LogP contribution < -0.4 is 15.5 Å². The van der Waals surface area contributed by atoms with Crippen molar-refractivity contribution in [3.63, 3.8) is 0 Å². The van der Waals surface area contributed by atoms with Crippen LogP contribution in [0.1, 0.15) is 101 Å². The Morgan fingerprint density at radius 3 is 2.51 bits per heavy atom. The summed E-state index contributed by atoms with van der Waals surface area (Å²) in [7, 11) is 2.85. The summed E-state index contributed by atoms with van der Waals surface area (Å²) in [5.41, 5.74) is 1.75. The van der Waals surface area contributed by atoms with Crippen LogP contribution in [0.5, 0.6) is 0 Å². The van der Waals surface area contributed by atoms with E-state index in [1.54, 1.807) is 32.2 Å². The molecule has 2 atom stereocenters. The molecule has 14 nitrogen and oxygen atoms in total. The molecule has 2 aliphatic heterocycles. The summed E-state index contributed by atoms with van der Waals surface area (Å²) in [5.74, 6) is -3.13. The number of rotatable bonds is 10. The van der Waals surface area contributed by atoms with Gasteiger partial charge in [0, 0.05) is 48.6 Å². The fourth-order valence-corrected chi connectivity index (χ4v) is 6.70. The average Bonchev–Trinajstić information content (AvgIpc) is 3.76. The molecule has 1 aromatic heterocycles. The van der Waals surface area contributed by atoms with Gasteiger partial charge in [-0.15, -0.1) is 0 Å². The maximum atomic E-state index is 14.3. The van der Waals surface area contributed by atoms with Gasteiger partial charge in [0.15, 0.2) is 5.69 Å². The van der Waals surface area contributed by atoms with Crippen molar-refractivity contribution < 1.29 is 38.2 Å². The van der Waals surface area contributed by atoms with Crippen molar-refractivity contribution in [1.29, 1.82) is 0 Å². The van der Waals surface area contributed by atoms with Crippen molar-refractivity contribution in [2.24, 2.45) is 7.05 Å². The molecule has 3 fully saturated rings. The molecule has 14 heteroatoms. The highest BCUT2D eigenvalue weighted by Crippen LogP contribution is 2.37. The van der Waals surface area contributed by atoms with Crippen molar-refractivity contribution in [3.8, 4) is 0 Å². The molecular formula is C33H40N6O8. The number of carbonyl (C=O) groups is 6. The molecule has 1 aromatic carbocycles. The summed E-state index contributed by atoms with van der Waals surface area (Å²) in [4.78, 5) is 82.3. The maximum Gasteiger partial charge on any atom is 0.358 e. The van der Waals surface area contributed by atoms with E-state index in [-0.39, 0.29) is 66.6 Å². The van der Waals surface area contributed by atoms with E-state index in [1.165, 1.54) is 21.6 Å². The average molecular weight is 649 g/mol. The molecule has 0 radical (unpaired) electrons. The van der Waals surface area contributed by atoms with E-state index in [0.717, 1.165) is 44.9 Å². The maximum absolute atomic E-state index is 14.3. The van der Waals surface area contributed by atoms with Crippen LogP contribution in [0.25, 0.3) is 0 Å². The summed E-state index contributed by atoms with van der Waals surface area (Å²) < 4.78 is 12.6. The molecule has 2 N–H and O–H groups in total. The molecule has 5 amide bonds. The van der Waals surface area contributed by atoms with Crippen molar-refractivity contribution in [3.05, 3.63) is 46.3 Å². The summed E-state index contributed by atoms with van der Waals surface area (Å²) in [6, 6.07) is 2.67. The first kappa shape index (κ1) is 32.4. The number of esters is 1. The zero-order valence-corrected chi connectivity index (χ0v) is 26.9. The molecule has 2 unspecified atom stereocenters. The number of fused-ring (bicyclic) bond motifs is 1. The Labute approximate surface area is 272 Å². The van der Waals surface area contributed by atoms with Gasteiger partial charge in [-0.05, 0) is 56.7 Å². The molecule has 250 valence electrons. The number of nitrogens with one attached hydrogen (secondary N) is 2. The Hall–Kier alpha value is -4.59. The third kappa shape index (κ3) is 6.51. The highest BCUT2D eigenvalue weighted by Gasteiger charge is 2.43. The molecule has 0 bridgehead atoms. The quantitative estimate of drug-likeness (QED) is 0.289. The topological polar surface area (TPSA) is 169 Å². The molecule has 6 rings (SSSR count). The Morgan fingerprint density at radius 2 is 1.83 bits per heavy atom. The number of benzene rings is 1. The molecule has 47 heavy (non-hydrogen) atoms. The third-order valence-corrected chi connectivity index (χ3v) is 9.52. The normalized spacial score (nSPS) is 20.4. The van der Waals surface area contributed by atoms with E-state index in [4.69, 9.17) is 9.47 Å². The van der Waals surface area contributed by atoms with Crippen LogP contribution in [0.4, 0.5) is 5.69 Å². The molecule has 1 saturated heterocycles. The minimum Gasteiger partial charge on any atom is -0.464 e. The van der Waals surface area contributed by atoms with Gasteiger partial charge < -0.3 is 19.7 Å². The van der Waals surface area contributed by atoms with E-state index in [0.29, 0.717) is 11.3 Å². The minimum absolute atomic E-state index is 0.0670. The molecule has 3 heterocycles. The number of aryl methyl sites for hydroxylation is 1. The van der Waals surface area contributed by atoms with E-state index >= 15 is 0 Å². The van der Waals surface area contributed by atoms with Gasteiger partial charge in [0.2, 0.25) is 17.7 Å². The van der Waals surface area contributed by atoms with Crippen molar-refractivity contribution in [1.82, 2.24) is 25.3 Å². The second-order valence-corrected chi connectivity index (χ2v) is 12.7. The largest absolute Gasteiger partial charge is 0.464 e. The predicted octanol–water partition coefficient (Wildman–Crippen LogP) is 1.98. The highest BCUT2D eigenvalue weighted by atomic mass is 16.5. The summed E-state index contributed by atoms with van der Waals surface area (Å²) in [6.07, 6.45) is 6.59. The van der Waals surface area contributed by atoms with Gasteiger partial charge in [-0.3, -0.25) is 38.9 Å². The molecule has 0 spiro atoms. The molecule has 2 aliphatic carbocycles. The Kier molecular flexibility index (Phi) is 9.13. The number of piperidine rings is 1. The number of hydrogen-bond acceptors (Lipinski definition) is 9. The lowest BCUT2D eigenvalue weighted by Crippen LogP contribution is -2.52. The van der Waals surface area contributed by atoms with Crippen LogP contribution in [0, 0.1) is 6.92 Å². The Morgan fingerprint density at radius 1 is 1.09 bits per heavy atom. The number of hydrogen-bond donors (Lipinski definition) is 2. The van der Waals surface area contributed by atoms with Crippen LogP contribution in [0.15, 0.2) is 18.2 Å². The number of anilines is 1. The fraction of sp³-hybridized carbons (Fsp3) is 0.545. The first-order valence-corrected chi connectivity index (χ1v) is 16.2. The molecule has 2 aromatic rings.